The van der Waals surface area contributed by atoms with Crippen LogP contribution in [-0.2, 0) is 13.0 Å². The Morgan fingerprint density at radius 1 is 1.64 bits per heavy atom. The van der Waals surface area contributed by atoms with E-state index >= 15 is 0 Å². The zero-order valence-corrected chi connectivity index (χ0v) is 8.64. The molecule has 1 heterocycles. The minimum atomic E-state index is 0.195. The summed E-state index contributed by atoms with van der Waals surface area (Å²) in [5.41, 5.74) is 4.14. The Morgan fingerprint density at radius 3 is 3.14 bits per heavy atom. The summed E-state index contributed by atoms with van der Waals surface area (Å²) in [6.45, 7) is 2.37. The molecular weight excluding hydrogens is 202 g/mol. The van der Waals surface area contributed by atoms with Gasteiger partial charge in [0.25, 0.3) is 0 Å². The van der Waals surface area contributed by atoms with Crippen LogP contribution in [0.1, 0.15) is 18.1 Å². The number of hydroxylamine groups is 1. The second-order valence-corrected chi connectivity index (χ2v) is 3.96. The van der Waals surface area contributed by atoms with Crippen molar-refractivity contribution in [3.8, 4) is 5.75 Å². The molecule has 2 rings (SSSR count). The SMILES string of the molecule is CC1Cc2cc(Cl)cc(CNO)c2O1. The first-order valence-corrected chi connectivity index (χ1v) is 4.93. The predicted molar refractivity (Wildman–Crippen MR) is 53.9 cm³/mol. The van der Waals surface area contributed by atoms with Gasteiger partial charge in [-0.25, -0.2) is 5.48 Å². The average Bonchev–Trinajstić information content (AvgIpc) is 2.45. The molecule has 1 atom stereocenters. The summed E-state index contributed by atoms with van der Waals surface area (Å²) < 4.78 is 5.64. The summed E-state index contributed by atoms with van der Waals surface area (Å²) in [6, 6.07) is 3.73. The van der Waals surface area contributed by atoms with Crippen LogP contribution in [0.2, 0.25) is 5.02 Å². The zero-order valence-electron chi connectivity index (χ0n) is 7.88. The van der Waals surface area contributed by atoms with Gasteiger partial charge < -0.3 is 9.94 Å². The van der Waals surface area contributed by atoms with Crippen molar-refractivity contribution in [2.45, 2.75) is 26.0 Å². The van der Waals surface area contributed by atoms with Crippen LogP contribution < -0.4 is 10.2 Å². The summed E-state index contributed by atoms with van der Waals surface area (Å²) in [5.74, 6) is 0.864. The summed E-state index contributed by atoms with van der Waals surface area (Å²) >= 11 is 5.95. The molecule has 4 heteroatoms. The van der Waals surface area contributed by atoms with Gasteiger partial charge in [-0.05, 0) is 24.6 Å². The maximum absolute atomic E-state index is 8.66. The third-order valence-electron chi connectivity index (χ3n) is 2.30. The first-order chi connectivity index (χ1) is 6.70. The number of benzene rings is 1. The van der Waals surface area contributed by atoms with Gasteiger partial charge >= 0.3 is 0 Å². The van der Waals surface area contributed by atoms with E-state index in [-0.39, 0.29) is 6.10 Å². The second kappa shape index (κ2) is 3.77. The Morgan fingerprint density at radius 2 is 2.43 bits per heavy atom. The highest BCUT2D eigenvalue weighted by molar-refractivity contribution is 6.30. The summed E-state index contributed by atoms with van der Waals surface area (Å²) in [5, 5.41) is 9.35. The summed E-state index contributed by atoms with van der Waals surface area (Å²) in [4.78, 5) is 0. The van der Waals surface area contributed by atoms with E-state index in [2.05, 4.69) is 5.48 Å². The van der Waals surface area contributed by atoms with Crippen molar-refractivity contribution in [1.82, 2.24) is 5.48 Å². The molecule has 3 nitrogen and oxygen atoms in total. The minimum absolute atomic E-state index is 0.195. The number of hydrogen-bond acceptors (Lipinski definition) is 3. The Hall–Kier alpha value is -0.770. The third kappa shape index (κ3) is 1.71. The Kier molecular flexibility index (Phi) is 2.63. The summed E-state index contributed by atoms with van der Waals surface area (Å²) in [7, 11) is 0. The molecule has 0 aromatic heterocycles. The zero-order chi connectivity index (χ0) is 10.1. The number of rotatable bonds is 2. The molecule has 0 saturated carbocycles. The van der Waals surface area contributed by atoms with Gasteiger partial charge in [-0.1, -0.05) is 11.6 Å². The highest BCUT2D eigenvalue weighted by Gasteiger charge is 2.22. The van der Waals surface area contributed by atoms with E-state index in [1.54, 1.807) is 0 Å². The number of ether oxygens (including phenoxy) is 1. The van der Waals surface area contributed by atoms with E-state index in [1.165, 1.54) is 0 Å². The van der Waals surface area contributed by atoms with Crippen molar-refractivity contribution in [2.75, 3.05) is 0 Å². The lowest BCUT2D eigenvalue weighted by molar-refractivity contribution is 0.159. The molecule has 0 amide bonds. The van der Waals surface area contributed by atoms with Gasteiger partial charge in [0.1, 0.15) is 11.9 Å². The van der Waals surface area contributed by atoms with Crippen molar-refractivity contribution in [2.24, 2.45) is 0 Å². The molecule has 0 aliphatic carbocycles. The maximum atomic E-state index is 8.66. The largest absolute Gasteiger partial charge is 0.490 e. The van der Waals surface area contributed by atoms with Crippen LogP contribution in [0.15, 0.2) is 12.1 Å². The van der Waals surface area contributed by atoms with Crippen LogP contribution in [0, 0.1) is 0 Å². The van der Waals surface area contributed by atoms with Crippen molar-refractivity contribution < 1.29 is 9.94 Å². The van der Waals surface area contributed by atoms with Gasteiger partial charge in [-0.15, -0.1) is 0 Å². The smallest absolute Gasteiger partial charge is 0.127 e. The topological polar surface area (TPSA) is 41.5 Å². The molecule has 0 fully saturated rings. The molecule has 2 N–H and O–H groups in total. The highest BCUT2D eigenvalue weighted by atomic mass is 35.5. The fourth-order valence-electron chi connectivity index (χ4n) is 1.78. The third-order valence-corrected chi connectivity index (χ3v) is 2.52. The molecule has 1 aromatic rings. The number of halogens is 1. The van der Waals surface area contributed by atoms with Crippen LogP contribution >= 0.6 is 11.6 Å². The standard InChI is InChI=1S/C10H12ClNO2/c1-6-2-7-3-9(11)4-8(5-12-13)10(7)14-6/h3-4,6,12-13H,2,5H2,1H3. The van der Waals surface area contributed by atoms with Gasteiger partial charge in [-0.2, -0.15) is 0 Å². The molecule has 1 aromatic carbocycles. The molecule has 1 unspecified atom stereocenters. The Bertz CT molecular complexity index is 354. The first-order valence-electron chi connectivity index (χ1n) is 4.55. The van der Waals surface area contributed by atoms with E-state index in [0.29, 0.717) is 11.6 Å². The van der Waals surface area contributed by atoms with Crippen LogP contribution in [0.3, 0.4) is 0 Å². The molecule has 14 heavy (non-hydrogen) atoms. The highest BCUT2D eigenvalue weighted by Crippen LogP contribution is 2.35. The van der Waals surface area contributed by atoms with Crippen molar-refractivity contribution >= 4 is 11.6 Å². The number of hydrogen-bond donors (Lipinski definition) is 2. The minimum Gasteiger partial charge on any atom is -0.490 e. The van der Waals surface area contributed by atoms with E-state index < -0.39 is 0 Å². The average molecular weight is 214 g/mol. The summed E-state index contributed by atoms with van der Waals surface area (Å²) in [6.07, 6.45) is 1.08. The molecule has 76 valence electrons. The van der Waals surface area contributed by atoms with Crippen molar-refractivity contribution in [3.05, 3.63) is 28.3 Å². The maximum Gasteiger partial charge on any atom is 0.127 e. The molecule has 0 spiro atoms. The van der Waals surface area contributed by atoms with Crippen LogP contribution in [0.4, 0.5) is 0 Å². The molecule has 0 bridgehead atoms. The number of fused-ring (bicyclic) bond motifs is 1. The van der Waals surface area contributed by atoms with Gasteiger partial charge in [0.05, 0.1) is 0 Å². The normalized spacial score (nSPS) is 19.2. The Balaban J connectivity index is 2.41. The lowest BCUT2D eigenvalue weighted by Gasteiger charge is -2.08. The van der Waals surface area contributed by atoms with E-state index in [1.807, 2.05) is 19.1 Å². The molecule has 0 saturated heterocycles. The monoisotopic (exact) mass is 213 g/mol. The van der Waals surface area contributed by atoms with E-state index in [9.17, 15) is 0 Å². The van der Waals surface area contributed by atoms with Gasteiger partial charge in [0.2, 0.25) is 0 Å². The first kappa shape index (κ1) is 9.77. The molecule has 0 radical (unpaired) electrons. The Labute approximate surface area is 87.6 Å². The lowest BCUT2D eigenvalue weighted by Crippen LogP contribution is -2.09. The van der Waals surface area contributed by atoms with Gasteiger partial charge in [0.15, 0.2) is 0 Å². The van der Waals surface area contributed by atoms with E-state index in [0.717, 1.165) is 23.3 Å². The van der Waals surface area contributed by atoms with Crippen molar-refractivity contribution in [3.63, 3.8) is 0 Å². The van der Waals surface area contributed by atoms with Gasteiger partial charge in [0, 0.05) is 23.6 Å². The fraction of sp³-hybridized carbons (Fsp3) is 0.400. The quantitative estimate of drug-likeness (QED) is 0.740. The second-order valence-electron chi connectivity index (χ2n) is 3.52. The van der Waals surface area contributed by atoms with Crippen LogP contribution in [-0.4, -0.2) is 11.3 Å². The molecule has 1 aliphatic heterocycles. The van der Waals surface area contributed by atoms with Gasteiger partial charge in [-0.3, -0.25) is 0 Å². The van der Waals surface area contributed by atoms with Crippen molar-refractivity contribution in [1.29, 1.82) is 0 Å². The fourth-order valence-corrected chi connectivity index (χ4v) is 2.05. The van der Waals surface area contributed by atoms with Crippen LogP contribution in [0.5, 0.6) is 5.75 Å². The number of nitrogens with one attached hydrogen (secondary N) is 1. The predicted octanol–water partition coefficient (Wildman–Crippen LogP) is 2.14. The van der Waals surface area contributed by atoms with E-state index in [4.69, 9.17) is 21.5 Å². The molecule has 1 aliphatic rings. The molecular formula is C10H12ClNO2. The van der Waals surface area contributed by atoms with Crippen LogP contribution in [0.25, 0.3) is 0 Å². The lowest BCUT2D eigenvalue weighted by atomic mass is 10.1.